The standard InChI is InChI=1S/C30H35F2N7O2/c1-4-5-25(20-6-8-21(9-7-20)28(40)33-17-26-35-37-38-36-26)39-29(41)27(22-14-23(31)16-24(32)15-22)34-30(39)12-10-19(11-13-30)18(2)3/h6-9,14-16,18-19,25H,4-5,10-13,17H2,1-3H3,(H,33,40)(H,35,36,37,38). The topological polar surface area (TPSA) is 116 Å². The van der Waals surface area contributed by atoms with Gasteiger partial charge >= 0.3 is 0 Å². The van der Waals surface area contributed by atoms with Gasteiger partial charge in [-0.3, -0.25) is 14.6 Å². The summed E-state index contributed by atoms with van der Waals surface area (Å²) in [6.07, 6.45) is 4.66. The number of halogens is 2. The van der Waals surface area contributed by atoms with Crippen LogP contribution < -0.4 is 5.32 Å². The molecular formula is C30H35F2N7O2. The SMILES string of the molecule is CCCC(c1ccc(C(=O)NCc2nn[nH]n2)cc1)N1C(=O)C(c2cc(F)cc(F)c2)=NC12CCC(C(C)C)CC2. The van der Waals surface area contributed by atoms with Gasteiger partial charge in [0.2, 0.25) is 0 Å². The molecule has 9 nitrogen and oxygen atoms in total. The molecule has 0 radical (unpaired) electrons. The van der Waals surface area contributed by atoms with Crippen LogP contribution in [-0.2, 0) is 11.3 Å². The van der Waals surface area contributed by atoms with E-state index in [0.717, 1.165) is 30.9 Å². The first-order valence-corrected chi connectivity index (χ1v) is 14.2. The molecule has 1 aromatic heterocycles. The molecule has 1 unspecified atom stereocenters. The molecule has 0 saturated heterocycles. The van der Waals surface area contributed by atoms with E-state index in [2.05, 4.69) is 46.7 Å². The molecule has 1 saturated carbocycles. The highest BCUT2D eigenvalue weighted by molar-refractivity contribution is 6.46. The first kappa shape index (κ1) is 28.5. The second-order valence-electron chi connectivity index (χ2n) is 11.3. The molecule has 2 aliphatic rings. The van der Waals surface area contributed by atoms with Crippen molar-refractivity contribution in [2.24, 2.45) is 16.8 Å². The zero-order chi connectivity index (χ0) is 29.1. The second kappa shape index (κ2) is 11.8. The predicted octanol–water partition coefficient (Wildman–Crippen LogP) is 5.12. The lowest BCUT2D eigenvalue weighted by molar-refractivity contribution is -0.133. The zero-order valence-corrected chi connectivity index (χ0v) is 23.5. The minimum atomic E-state index is -0.791. The average molecular weight is 564 g/mol. The summed E-state index contributed by atoms with van der Waals surface area (Å²) in [6, 6.07) is 10.0. The molecule has 1 atom stereocenters. The number of tetrazole rings is 1. The third-order valence-corrected chi connectivity index (χ3v) is 8.33. The highest BCUT2D eigenvalue weighted by Crippen LogP contribution is 2.48. The van der Waals surface area contributed by atoms with Crippen LogP contribution in [0.4, 0.5) is 8.78 Å². The fourth-order valence-electron chi connectivity index (χ4n) is 6.14. The van der Waals surface area contributed by atoms with E-state index in [9.17, 15) is 18.4 Å². The van der Waals surface area contributed by atoms with E-state index < -0.39 is 17.3 Å². The molecule has 2 aromatic carbocycles. The molecule has 216 valence electrons. The Morgan fingerprint density at radius 3 is 2.39 bits per heavy atom. The van der Waals surface area contributed by atoms with Gasteiger partial charge < -0.3 is 10.2 Å². The second-order valence-corrected chi connectivity index (χ2v) is 11.3. The van der Waals surface area contributed by atoms with Crippen molar-refractivity contribution in [2.75, 3.05) is 0 Å². The Labute approximate surface area is 237 Å². The number of benzene rings is 2. The van der Waals surface area contributed by atoms with Crippen LogP contribution >= 0.6 is 0 Å². The van der Waals surface area contributed by atoms with E-state index >= 15 is 0 Å². The number of aromatic nitrogens is 4. The fourth-order valence-corrected chi connectivity index (χ4v) is 6.14. The Kier molecular flexibility index (Phi) is 8.23. The number of nitrogens with zero attached hydrogens (tertiary/aromatic N) is 5. The highest BCUT2D eigenvalue weighted by atomic mass is 19.1. The van der Waals surface area contributed by atoms with Crippen molar-refractivity contribution in [3.05, 3.63) is 76.6 Å². The van der Waals surface area contributed by atoms with Crippen LogP contribution in [0.2, 0.25) is 0 Å². The minimum absolute atomic E-state index is 0.102. The van der Waals surface area contributed by atoms with Crippen molar-refractivity contribution in [3.63, 3.8) is 0 Å². The molecular weight excluding hydrogens is 528 g/mol. The summed E-state index contributed by atoms with van der Waals surface area (Å²) >= 11 is 0. The molecule has 11 heteroatoms. The Hall–Kier alpha value is -4.02. The maximum Gasteiger partial charge on any atom is 0.275 e. The Morgan fingerprint density at radius 2 is 1.80 bits per heavy atom. The van der Waals surface area contributed by atoms with Crippen LogP contribution in [0.1, 0.15) is 92.6 Å². The van der Waals surface area contributed by atoms with E-state index in [1.54, 1.807) is 12.1 Å². The third-order valence-electron chi connectivity index (χ3n) is 8.33. The number of nitrogens with one attached hydrogen (secondary N) is 2. The molecule has 3 aromatic rings. The maximum atomic E-state index is 14.2. The summed E-state index contributed by atoms with van der Waals surface area (Å²) < 4.78 is 28.4. The number of carbonyl (C=O) groups is 2. The molecule has 5 rings (SSSR count). The molecule has 2 N–H and O–H groups in total. The number of H-pyrrole nitrogens is 1. The first-order chi connectivity index (χ1) is 19.7. The summed E-state index contributed by atoms with van der Waals surface area (Å²) in [5, 5.41) is 16.3. The van der Waals surface area contributed by atoms with Gasteiger partial charge in [-0.2, -0.15) is 5.21 Å². The van der Waals surface area contributed by atoms with E-state index in [-0.39, 0.29) is 35.7 Å². The Balaban J connectivity index is 1.46. The van der Waals surface area contributed by atoms with Crippen LogP contribution in [0.3, 0.4) is 0 Å². The largest absolute Gasteiger partial charge is 0.345 e. The highest BCUT2D eigenvalue weighted by Gasteiger charge is 2.52. The lowest BCUT2D eigenvalue weighted by Crippen LogP contribution is -2.51. The van der Waals surface area contributed by atoms with Crippen LogP contribution in [0.25, 0.3) is 0 Å². The smallest absolute Gasteiger partial charge is 0.275 e. The molecule has 1 fully saturated rings. The predicted molar refractivity (Wildman–Crippen MR) is 149 cm³/mol. The zero-order valence-electron chi connectivity index (χ0n) is 23.5. The number of carbonyl (C=O) groups excluding carboxylic acids is 2. The number of hydrogen-bond acceptors (Lipinski definition) is 6. The summed E-state index contributed by atoms with van der Waals surface area (Å²) in [5.41, 5.74) is 0.803. The molecule has 2 heterocycles. The van der Waals surface area contributed by atoms with E-state index in [0.29, 0.717) is 42.5 Å². The fraction of sp³-hybridized carbons (Fsp3) is 0.467. The van der Waals surface area contributed by atoms with Gasteiger partial charge in [-0.1, -0.05) is 44.5 Å². The van der Waals surface area contributed by atoms with E-state index in [1.807, 2.05) is 17.0 Å². The van der Waals surface area contributed by atoms with Crippen molar-refractivity contribution >= 4 is 17.5 Å². The Morgan fingerprint density at radius 1 is 1.12 bits per heavy atom. The van der Waals surface area contributed by atoms with Crippen LogP contribution in [0.15, 0.2) is 47.5 Å². The van der Waals surface area contributed by atoms with Gasteiger partial charge in [0, 0.05) is 17.2 Å². The number of hydrogen-bond donors (Lipinski definition) is 2. The van der Waals surface area contributed by atoms with Crippen LogP contribution in [0.5, 0.6) is 0 Å². The third kappa shape index (κ3) is 5.89. The lowest BCUT2D eigenvalue weighted by atomic mass is 9.76. The summed E-state index contributed by atoms with van der Waals surface area (Å²) in [5.74, 6) is -0.680. The van der Waals surface area contributed by atoms with Crippen molar-refractivity contribution in [1.82, 2.24) is 30.8 Å². The Bertz CT molecular complexity index is 1390. The number of amides is 2. The minimum Gasteiger partial charge on any atom is -0.345 e. The van der Waals surface area contributed by atoms with Gasteiger partial charge in [-0.25, -0.2) is 8.78 Å². The van der Waals surface area contributed by atoms with Gasteiger partial charge in [-0.15, -0.1) is 10.2 Å². The van der Waals surface area contributed by atoms with E-state index in [1.165, 1.54) is 12.1 Å². The molecule has 0 bridgehead atoms. The summed E-state index contributed by atoms with van der Waals surface area (Å²) in [4.78, 5) is 33.7. The number of rotatable bonds is 9. The summed E-state index contributed by atoms with van der Waals surface area (Å²) in [6.45, 7) is 6.62. The van der Waals surface area contributed by atoms with Gasteiger partial charge in [0.05, 0.1) is 12.6 Å². The van der Waals surface area contributed by atoms with Crippen LogP contribution in [-0.4, -0.2) is 48.7 Å². The van der Waals surface area contributed by atoms with Gasteiger partial charge in [0.15, 0.2) is 5.82 Å². The normalized spacial score (nSPS) is 21.4. The van der Waals surface area contributed by atoms with Gasteiger partial charge in [-0.05, 0) is 73.8 Å². The lowest BCUT2D eigenvalue weighted by Gasteiger charge is -2.46. The van der Waals surface area contributed by atoms with E-state index in [4.69, 9.17) is 4.99 Å². The maximum absolute atomic E-state index is 14.2. The van der Waals surface area contributed by atoms with Gasteiger partial charge in [0.1, 0.15) is 23.0 Å². The van der Waals surface area contributed by atoms with Crippen molar-refractivity contribution in [1.29, 1.82) is 0 Å². The number of aliphatic imine (C=N–C) groups is 1. The quantitative estimate of drug-likeness (QED) is 0.375. The molecule has 1 aliphatic carbocycles. The van der Waals surface area contributed by atoms with Crippen molar-refractivity contribution < 1.29 is 18.4 Å². The van der Waals surface area contributed by atoms with Crippen molar-refractivity contribution in [2.45, 2.75) is 77.5 Å². The van der Waals surface area contributed by atoms with Crippen molar-refractivity contribution in [3.8, 4) is 0 Å². The van der Waals surface area contributed by atoms with Crippen LogP contribution in [0, 0.1) is 23.5 Å². The molecule has 41 heavy (non-hydrogen) atoms. The number of aromatic amines is 1. The first-order valence-electron chi connectivity index (χ1n) is 14.2. The molecule has 2 amide bonds. The molecule has 1 aliphatic heterocycles. The molecule has 1 spiro atoms. The van der Waals surface area contributed by atoms with Gasteiger partial charge in [0.25, 0.3) is 11.8 Å². The summed E-state index contributed by atoms with van der Waals surface area (Å²) in [7, 11) is 0. The monoisotopic (exact) mass is 563 g/mol. The average Bonchev–Trinajstić information content (AvgIpc) is 3.57.